The maximum atomic E-state index is 9.53. The minimum Gasteiger partial charge on any atom is -0.493 e. The Balaban J connectivity index is 1.62. The van der Waals surface area contributed by atoms with Crippen LogP contribution < -0.4 is 26.3 Å². The Bertz CT molecular complexity index is 1140. The summed E-state index contributed by atoms with van der Waals surface area (Å²) in [4.78, 5) is 4.35. The molecule has 0 aliphatic heterocycles. The van der Waals surface area contributed by atoms with E-state index in [4.69, 9.17) is 20.9 Å². The van der Waals surface area contributed by atoms with Gasteiger partial charge in [0.1, 0.15) is 17.5 Å². The minimum atomic E-state index is 0.280. The fourth-order valence-electron chi connectivity index (χ4n) is 3.21. The number of aliphatic imine (C=N–C) groups is 1. The number of nitrogens with zero attached hydrogens (tertiary/aromatic N) is 4. The van der Waals surface area contributed by atoms with Gasteiger partial charge in [-0.3, -0.25) is 4.99 Å². The summed E-state index contributed by atoms with van der Waals surface area (Å²) in [5, 5.41) is 17.1. The van der Waals surface area contributed by atoms with Crippen LogP contribution in [0.1, 0.15) is 23.2 Å². The topological polar surface area (TPSA) is 136 Å². The molecule has 0 aliphatic rings. The first-order valence-corrected chi connectivity index (χ1v) is 10.1. The highest BCUT2D eigenvalue weighted by atomic mass is 16.5. The Morgan fingerprint density at radius 3 is 2.53 bits per heavy atom. The maximum absolute atomic E-state index is 9.53. The summed E-state index contributed by atoms with van der Waals surface area (Å²) in [5.41, 5.74) is 15.9. The van der Waals surface area contributed by atoms with Gasteiger partial charge in [0.25, 0.3) is 0 Å². The van der Waals surface area contributed by atoms with E-state index in [0.717, 1.165) is 16.9 Å². The molecule has 0 aliphatic carbocycles. The number of hydrogen-bond donors (Lipinski definition) is 3. The first-order valence-electron chi connectivity index (χ1n) is 10.1. The van der Waals surface area contributed by atoms with E-state index in [9.17, 15) is 5.26 Å². The van der Waals surface area contributed by atoms with Crippen LogP contribution in [-0.2, 0) is 6.42 Å². The van der Waals surface area contributed by atoms with Crippen molar-refractivity contribution in [2.75, 3.05) is 31.8 Å². The smallest absolute Gasteiger partial charge is 0.193 e. The number of anilines is 2. The molecular formula is C23H27N7O2. The molecule has 5 N–H and O–H groups in total. The van der Waals surface area contributed by atoms with Crippen molar-refractivity contribution in [1.82, 2.24) is 9.78 Å². The van der Waals surface area contributed by atoms with Gasteiger partial charge < -0.3 is 26.3 Å². The third-order valence-corrected chi connectivity index (χ3v) is 4.89. The third-order valence-electron chi connectivity index (χ3n) is 4.89. The molecule has 0 saturated heterocycles. The summed E-state index contributed by atoms with van der Waals surface area (Å²) in [7, 11) is 3.15. The number of nitrogens with two attached hydrogens (primary N) is 2. The molecule has 1 aromatic heterocycles. The summed E-state index contributed by atoms with van der Waals surface area (Å²) in [6.07, 6.45) is 1.21. The number of ether oxygens (including phenoxy) is 2. The second-order valence-electron chi connectivity index (χ2n) is 7.13. The summed E-state index contributed by atoms with van der Waals surface area (Å²) in [6.45, 7) is 2.48. The average molecular weight is 434 g/mol. The number of nitrogen functional groups attached to an aromatic ring is 1. The molecule has 2 aromatic carbocycles. The van der Waals surface area contributed by atoms with Crippen LogP contribution >= 0.6 is 0 Å². The van der Waals surface area contributed by atoms with Gasteiger partial charge in [0, 0.05) is 18.3 Å². The lowest BCUT2D eigenvalue weighted by Gasteiger charge is -2.10. The summed E-state index contributed by atoms with van der Waals surface area (Å²) < 4.78 is 12.1. The van der Waals surface area contributed by atoms with Crippen LogP contribution in [0.2, 0.25) is 0 Å². The molecule has 0 amide bonds. The van der Waals surface area contributed by atoms with Crippen LogP contribution in [0.4, 0.5) is 11.5 Å². The highest BCUT2D eigenvalue weighted by Crippen LogP contribution is 2.29. The Morgan fingerprint density at radius 2 is 1.88 bits per heavy atom. The lowest BCUT2D eigenvalue weighted by molar-refractivity contribution is 0.355. The molecular weight excluding hydrogens is 406 g/mol. The zero-order valence-electron chi connectivity index (χ0n) is 18.4. The van der Waals surface area contributed by atoms with E-state index < -0.39 is 0 Å². The second kappa shape index (κ2) is 10.2. The van der Waals surface area contributed by atoms with Crippen molar-refractivity contribution in [2.45, 2.75) is 19.8 Å². The van der Waals surface area contributed by atoms with E-state index in [1.807, 2.05) is 37.3 Å². The quantitative estimate of drug-likeness (QED) is 0.282. The molecule has 0 atom stereocenters. The number of rotatable bonds is 8. The van der Waals surface area contributed by atoms with Crippen molar-refractivity contribution in [1.29, 1.82) is 5.26 Å². The number of aryl methyl sites for hydroxylation is 2. The van der Waals surface area contributed by atoms with Crippen molar-refractivity contribution < 1.29 is 9.47 Å². The van der Waals surface area contributed by atoms with Gasteiger partial charge in [-0.25, -0.2) is 4.68 Å². The summed E-state index contributed by atoms with van der Waals surface area (Å²) in [5.74, 6) is 1.84. The number of nitrogens with one attached hydrogen (secondary N) is 1. The van der Waals surface area contributed by atoms with Gasteiger partial charge >= 0.3 is 0 Å². The molecule has 3 aromatic rings. The Labute approximate surface area is 187 Å². The number of hydrogen-bond acceptors (Lipinski definition) is 6. The summed E-state index contributed by atoms with van der Waals surface area (Å²) >= 11 is 0. The van der Waals surface area contributed by atoms with Crippen molar-refractivity contribution in [3.63, 3.8) is 0 Å². The molecule has 0 bridgehead atoms. The molecule has 0 radical (unpaired) electrons. The van der Waals surface area contributed by atoms with Gasteiger partial charge in [0.2, 0.25) is 0 Å². The molecule has 3 rings (SSSR count). The fraction of sp³-hybridized carbons (Fsp3) is 0.261. The summed E-state index contributed by atoms with van der Waals surface area (Å²) in [6, 6.07) is 15.4. The largest absolute Gasteiger partial charge is 0.493 e. The maximum Gasteiger partial charge on any atom is 0.193 e. The lowest BCUT2D eigenvalue weighted by Crippen LogP contribution is -2.23. The van der Waals surface area contributed by atoms with Crippen LogP contribution in [0.15, 0.2) is 47.5 Å². The SMILES string of the molecule is COc1ccc(NC(N)=NCCCc2nn(-c3ccc(C)cc3)c(N)c2C#N)cc1OC. The Hall–Kier alpha value is -4.19. The van der Waals surface area contributed by atoms with Crippen LogP contribution in [0, 0.1) is 18.3 Å². The molecule has 9 nitrogen and oxygen atoms in total. The molecule has 0 saturated carbocycles. The lowest BCUT2D eigenvalue weighted by atomic mass is 10.1. The Kier molecular flexibility index (Phi) is 7.18. The first kappa shape index (κ1) is 22.5. The second-order valence-corrected chi connectivity index (χ2v) is 7.13. The van der Waals surface area contributed by atoms with E-state index in [0.29, 0.717) is 48.0 Å². The van der Waals surface area contributed by atoms with Crippen molar-refractivity contribution >= 4 is 17.5 Å². The van der Waals surface area contributed by atoms with Gasteiger partial charge in [0.15, 0.2) is 17.5 Å². The number of benzene rings is 2. The number of guanidine groups is 1. The Morgan fingerprint density at radius 1 is 1.16 bits per heavy atom. The molecule has 166 valence electrons. The highest BCUT2D eigenvalue weighted by molar-refractivity contribution is 5.92. The predicted molar refractivity (Wildman–Crippen MR) is 125 cm³/mol. The molecule has 1 heterocycles. The van der Waals surface area contributed by atoms with Crippen LogP contribution in [0.25, 0.3) is 5.69 Å². The number of nitriles is 1. The minimum absolute atomic E-state index is 0.280. The average Bonchev–Trinajstić information content (AvgIpc) is 3.12. The zero-order chi connectivity index (χ0) is 23.1. The van der Waals surface area contributed by atoms with Gasteiger partial charge in [-0.05, 0) is 44.0 Å². The highest BCUT2D eigenvalue weighted by Gasteiger charge is 2.16. The normalized spacial score (nSPS) is 11.1. The van der Waals surface area contributed by atoms with E-state index in [1.165, 1.54) is 0 Å². The van der Waals surface area contributed by atoms with Gasteiger partial charge in [-0.2, -0.15) is 10.4 Å². The van der Waals surface area contributed by atoms with E-state index in [2.05, 4.69) is 21.5 Å². The molecule has 0 spiro atoms. The molecule has 9 heteroatoms. The van der Waals surface area contributed by atoms with Crippen molar-refractivity contribution in [3.05, 3.63) is 59.3 Å². The standard InChI is InChI=1S/C23H27N7O2/c1-15-6-9-17(10-7-15)30-22(25)18(14-24)19(29-30)5-4-12-27-23(26)28-16-8-11-20(31-2)21(13-16)32-3/h6-11,13H,4-5,12,25H2,1-3H3,(H3,26,27,28). The zero-order valence-corrected chi connectivity index (χ0v) is 18.4. The third kappa shape index (κ3) is 5.10. The molecule has 0 unspecified atom stereocenters. The van der Waals surface area contributed by atoms with Gasteiger partial charge in [0.05, 0.1) is 25.6 Å². The first-order chi connectivity index (χ1) is 15.5. The van der Waals surface area contributed by atoms with E-state index in [1.54, 1.807) is 31.0 Å². The van der Waals surface area contributed by atoms with Crippen LogP contribution in [0.5, 0.6) is 11.5 Å². The molecule has 0 fully saturated rings. The predicted octanol–water partition coefficient (Wildman–Crippen LogP) is 3.01. The van der Waals surface area contributed by atoms with Crippen LogP contribution in [-0.4, -0.2) is 36.5 Å². The van der Waals surface area contributed by atoms with Gasteiger partial charge in [-0.15, -0.1) is 0 Å². The van der Waals surface area contributed by atoms with Gasteiger partial charge in [-0.1, -0.05) is 17.7 Å². The van der Waals surface area contributed by atoms with Crippen molar-refractivity contribution in [3.8, 4) is 23.3 Å². The van der Waals surface area contributed by atoms with Crippen molar-refractivity contribution in [2.24, 2.45) is 10.7 Å². The monoisotopic (exact) mass is 433 g/mol. The van der Waals surface area contributed by atoms with E-state index >= 15 is 0 Å². The number of methoxy groups -OCH3 is 2. The number of aromatic nitrogens is 2. The molecule has 32 heavy (non-hydrogen) atoms. The van der Waals surface area contributed by atoms with Crippen LogP contribution in [0.3, 0.4) is 0 Å². The van der Waals surface area contributed by atoms with E-state index in [-0.39, 0.29) is 5.96 Å². The fourth-order valence-corrected chi connectivity index (χ4v) is 3.21.